The molecule has 1 aliphatic heterocycles. The van der Waals surface area contributed by atoms with E-state index in [4.69, 9.17) is 11.6 Å². The molecule has 0 unspecified atom stereocenters. The van der Waals surface area contributed by atoms with Crippen molar-refractivity contribution in [3.05, 3.63) is 59.0 Å². The van der Waals surface area contributed by atoms with E-state index in [0.29, 0.717) is 35.4 Å². The lowest BCUT2D eigenvalue weighted by Gasteiger charge is -2.34. The normalized spacial score (nSPS) is 15.4. The van der Waals surface area contributed by atoms with Gasteiger partial charge in [0.25, 0.3) is 0 Å². The van der Waals surface area contributed by atoms with E-state index in [-0.39, 0.29) is 10.7 Å². The number of fused-ring (bicyclic) bond motifs is 1. The highest BCUT2D eigenvalue weighted by Crippen LogP contribution is 2.39. The van der Waals surface area contributed by atoms with Gasteiger partial charge >= 0.3 is 5.97 Å². The Morgan fingerprint density at radius 2 is 1.78 bits per heavy atom. The van der Waals surface area contributed by atoms with Gasteiger partial charge in [0.15, 0.2) is 5.69 Å². The Balaban J connectivity index is 2.05. The third kappa shape index (κ3) is 3.05. The van der Waals surface area contributed by atoms with Crippen LogP contribution in [0.4, 0.5) is 10.1 Å². The van der Waals surface area contributed by atoms with E-state index in [2.05, 4.69) is 4.90 Å². The molecule has 0 aliphatic carbocycles. The van der Waals surface area contributed by atoms with Crippen molar-refractivity contribution in [2.45, 2.75) is 0 Å². The molecule has 1 aliphatic rings. The topological polar surface area (TPSA) is 48.7 Å². The van der Waals surface area contributed by atoms with E-state index in [1.807, 2.05) is 42.3 Å². The minimum atomic E-state index is -1.06. The van der Waals surface area contributed by atoms with Crippen molar-refractivity contribution >= 4 is 34.2 Å². The number of likely N-dealkylation sites (N-methyl/N-ethyl adjacent to an activating group) is 1. The van der Waals surface area contributed by atoms with Gasteiger partial charge in [-0.05, 0) is 31.3 Å². The molecule has 1 saturated heterocycles. The molecule has 0 spiro atoms. The molecule has 0 saturated carbocycles. The van der Waals surface area contributed by atoms with Crippen LogP contribution in [0.25, 0.3) is 16.6 Å². The van der Waals surface area contributed by atoms with Crippen LogP contribution in [0.2, 0.25) is 5.02 Å². The van der Waals surface area contributed by atoms with Crippen molar-refractivity contribution < 1.29 is 14.3 Å². The van der Waals surface area contributed by atoms with E-state index >= 15 is 0 Å². The predicted molar refractivity (Wildman–Crippen MR) is 105 cm³/mol. The monoisotopic (exact) mass is 387 g/mol. The molecule has 0 bridgehead atoms. The summed E-state index contributed by atoms with van der Waals surface area (Å²) in [6.45, 7) is 2.98. The van der Waals surface area contributed by atoms with Gasteiger partial charge < -0.3 is 19.5 Å². The molecular weight excluding hydrogens is 369 g/mol. The fraction of sp³-hybridized carbons (Fsp3) is 0.250. The third-order valence-electron chi connectivity index (χ3n) is 5.02. The van der Waals surface area contributed by atoms with Crippen molar-refractivity contribution in [1.29, 1.82) is 0 Å². The first-order chi connectivity index (χ1) is 13.0. The molecule has 1 fully saturated rings. The smallest absolute Gasteiger partial charge is 0.355 e. The molecule has 0 radical (unpaired) electrons. The van der Waals surface area contributed by atoms with E-state index in [1.54, 1.807) is 4.57 Å². The number of aromatic carboxylic acids is 1. The number of hydrogen-bond donors (Lipinski definition) is 1. The van der Waals surface area contributed by atoms with Gasteiger partial charge in [0.2, 0.25) is 0 Å². The lowest BCUT2D eigenvalue weighted by atomic mass is 10.1. The molecule has 1 N–H and O–H groups in total. The molecule has 2 heterocycles. The van der Waals surface area contributed by atoms with E-state index < -0.39 is 11.8 Å². The van der Waals surface area contributed by atoms with Crippen LogP contribution in [-0.4, -0.2) is 53.8 Å². The summed E-state index contributed by atoms with van der Waals surface area (Å²) in [5, 5.41) is 10.6. The van der Waals surface area contributed by atoms with Crippen LogP contribution in [0.15, 0.2) is 42.5 Å². The average molecular weight is 388 g/mol. The summed E-state index contributed by atoms with van der Waals surface area (Å²) in [6.07, 6.45) is 0. The van der Waals surface area contributed by atoms with E-state index in [0.717, 1.165) is 13.1 Å². The summed E-state index contributed by atoms with van der Waals surface area (Å²) >= 11 is 6.04. The second kappa shape index (κ2) is 6.87. The Morgan fingerprint density at radius 1 is 1.11 bits per heavy atom. The quantitative estimate of drug-likeness (QED) is 0.741. The molecule has 1 aromatic heterocycles. The van der Waals surface area contributed by atoms with Crippen molar-refractivity contribution in [2.24, 2.45) is 0 Å². The highest BCUT2D eigenvalue weighted by atomic mass is 35.5. The van der Waals surface area contributed by atoms with Crippen LogP contribution < -0.4 is 4.90 Å². The first-order valence-corrected chi connectivity index (χ1v) is 9.11. The Kier molecular flexibility index (Phi) is 4.53. The van der Waals surface area contributed by atoms with Gasteiger partial charge in [-0.2, -0.15) is 0 Å². The fourth-order valence-electron chi connectivity index (χ4n) is 3.66. The summed E-state index contributed by atoms with van der Waals surface area (Å²) in [5.74, 6) is -1.61. The van der Waals surface area contributed by atoms with Crippen molar-refractivity contribution in [3.63, 3.8) is 0 Å². The number of anilines is 1. The zero-order chi connectivity index (χ0) is 19.1. The molecule has 0 amide bonds. The number of halogens is 2. The second-order valence-corrected chi connectivity index (χ2v) is 7.15. The molecular formula is C20H19ClFN3O2. The number of benzene rings is 2. The van der Waals surface area contributed by atoms with Crippen LogP contribution >= 0.6 is 11.6 Å². The Labute approximate surface area is 161 Å². The number of carboxylic acids is 1. The van der Waals surface area contributed by atoms with Crippen molar-refractivity contribution in [2.75, 3.05) is 38.1 Å². The first-order valence-electron chi connectivity index (χ1n) is 8.73. The van der Waals surface area contributed by atoms with Gasteiger partial charge in [-0.25, -0.2) is 9.18 Å². The van der Waals surface area contributed by atoms with Crippen LogP contribution in [0.3, 0.4) is 0 Å². The molecule has 5 nitrogen and oxygen atoms in total. The minimum absolute atomic E-state index is 0.0287. The van der Waals surface area contributed by atoms with Crippen LogP contribution in [0.1, 0.15) is 10.5 Å². The largest absolute Gasteiger partial charge is 0.476 e. The zero-order valence-corrected chi connectivity index (χ0v) is 15.6. The number of carboxylic acid groups (broad SMARTS) is 1. The van der Waals surface area contributed by atoms with Gasteiger partial charge in [-0.1, -0.05) is 29.8 Å². The Bertz CT molecular complexity index is 1010. The Morgan fingerprint density at radius 3 is 2.41 bits per heavy atom. The van der Waals surface area contributed by atoms with Crippen LogP contribution in [0.5, 0.6) is 0 Å². The summed E-state index contributed by atoms with van der Waals surface area (Å²) in [4.78, 5) is 16.5. The molecule has 3 aromatic rings. The van der Waals surface area contributed by atoms with Gasteiger partial charge in [-0.3, -0.25) is 0 Å². The van der Waals surface area contributed by atoms with Crippen molar-refractivity contribution in [1.82, 2.24) is 9.47 Å². The standard InChI is InChI=1S/C20H19ClFN3O2/c1-23-7-9-24(10-8-23)18-14-11-16(22)15(21)12-17(14)25(19(18)20(26)27)13-5-3-2-4-6-13/h2-6,11-12H,7-10H2,1H3,(H,26,27). The molecule has 2 aromatic carbocycles. The summed E-state index contributed by atoms with van der Waals surface area (Å²) in [6, 6.07) is 12.1. The SMILES string of the molecule is CN1CCN(c2c(C(=O)O)n(-c3ccccc3)c3cc(Cl)c(F)cc23)CC1. The lowest BCUT2D eigenvalue weighted by Crippen LogP contribution is -2.45. The highest BCUT2D eigenvalue weighted by molar-refractivity contribution is 6.31. The van der Waals surface area contributed by atoms with Gasteiger partial charge in [-0.15, -0.1) is 0 Å². The molecule has 140 valence electrons. The molecule has 4 rings (SSSR count). The molecule has 27 heavy (non-hydrogen) atoms. The molecule has 7 heteroatoms. The number of para-hydroxylation sites is 1. The van der Waals surface area contributed by atoms with Gasteiger partial charge in [0, 0.05) is 37.3 Å². The number of aromatic nitrogens is 1. The maximum Gasteiger partial charge on any atom is 0.355 e. The maximum atomic E-state index is 14.3. The van der Waals surface area contributed by atoms with Gasteiger partial charge in [0.1, 0.15) is 5.82 Å². The fourth-order valence-corrected chi connectivity index (χ4v) is 3.82. The minimum Gasteiger partial charge on any atom is -0.476 e. The summed E-state index contributed by atoms with van der Waals surface area (Å²) in [5.41, 5.74) is 1.95. The average Bonchev–Trinajstić information content (AvgIpc) is 2.98. The van der Waals surface area contributed by atoms with Gasteiger partial charge in [0.05, 0.1) is 16.2 Å². The van der Waals surface area contributed by atoms with Crippen LogP contribution in [0, 0.1) is 5.82 Å². The highest BCUT2D eigenvalue weighted by Gasteiger charge is 2.29. The summed E-state index contributed by atoms with van der Waals surface area (Å²) < 4.78 is 15.9. The maximum absolute atomic E-state index is 14.3. The van der Waals surface area contributed by atoms with Crippen LogP contribution in [-0.2, 0) is 0 Å². The Hall–Kier alpha value is -2.57. The molecule has 0 atom stereocenters. The first kappa shape index (κ1) is 17.8. The number of carbonyl (C=O) groups is 1. The number of rotatable bonds is 3. The van der Waals surface area contributed by atoms with E-state index in [9.17, 15) is 14.3 Å². The third-order valence-corrected chi connectivity index (χ3v) is 5.31. The number of hydrogen-bond acceptors (Lipinski definition) is 3. The number of piperazine rings is 1. The van der Waals surface area contributed by atoms with E-state index in [1.165, 1.54) is 12.1 Å². The second-order valence-electron chi connectivity index (χ2n) is 6.75. The predicted octanol–water partition coefficient (Wildman–Crippen LogP) is 3.87. The zero-order valence-electron chi connectivity index (χ0n) is 14.8. The summed E-state index contributed by atoms with van der Waals surface area (Å²) in [7, 11) is 2.03. The lowest BCUT2D eigenvalue weighted by molar-refractivity contribution is 0.0689. The van der Waals surface area contributed by atoms with Crippen molar-refractivity contribution in [3.8, 4) is 5.69 Å². The number of nitrogens with zero attached hydrogens (tertiary/aromatic N) is 3.